The van der Waals surface area contributed by atoms with Crippen molar-refractivity contribution in [2.75, 3.05) is 24.3 Å². The van der Waals surface area contributed by atoms with Gasteiger partial charge in [0.05, 0.1) is 5.75 Å². The Morgan fingerprint density at radius 2 is 1.80 bits per heavy atom. The van der Waals surface area contributed by atoms with Crippen LogP contribution in [0.2, 0.25) is 0 Å². The zero-order chi connectivity index (χ0) is 17.9. The van der Waals surface area contributed by atoms with Crippen molar-refractivity contribution >= 4 is 23.4 Å². The number of carbonyl (C=O) groups is 1. The van der Waals surface area contributed by atoms with E-state index in [4.69, 9.17) is 9.47 Å². The average molecular weight is 357 g/mol. The molecule has 0 saturated heterocycles. The zero-order valence-electron chi connectivity index (χ0n) is 14.8. The molecule has 1 N–H and O–H groups in total. The Kier molecular flexibility index (Phi) is 5.23. The number of amides is 1. The Labute approximate surface area is 152 Å². The molecule has 0 spiro atoms. The number of hydrogen-bond acceptors (Lipinski definition) is 4. The summed E-state index contributed by atoms with van der Waals surface area (Å²) in [6.45, 7) is 7.56. The van der Waals surface area contributed by atoms with Gasteiger partial charge in [0.1, 0.15) is 13.2 Å². The standard InChI is InChI=1S/C20H23NO3S/c1-20(2,3)15-6-4-5-7-16(15)21-19(22)13-25-14-8-9-17-18(12-14)24-11-10-23-17/h4-9,12H,10-11,13H2,1-3H3,(H,21,22). The van der Waals surface area contributed by atoms with Gasteiger partial charge < -0.3 is 14.8 Å². The maximum absolute atomic E-state index is 12.4. The summed E-state index contributed by atoms with van der Waals surface area (Å²) in [6.07, 6.45) is 0. The molecule has 3 rings (SSSR count). The van der Waals surface area contributed by atoms with E-state index in [2.05, 4.69) is 32.2 Å². The Morgan fingerprint density at radius 3 is 2.56 bits per heavy atom. The first-order valence-electron chi connectivity index (χ1n) is 8.35. The predicted molar refractivity (Wildman–Crippen MR) is 102 cm³/mol. The number of ether oxygens (including phenoxy) is 2. The Hall–Kier alpha value is -2.14. The molecular weight excluding hydrogens is 334 g/mol. The summed E-state index contributed by atoms with van der Waals surface area (Å²) in [7, 11) is 0. The van der Waals surface area contributed by atoms with Crippen molar-refractivity contribution in [1.29, 1.82) is 0 Å². The van der Waals surface area contributed by atoms with Crippen LogP contribution in [0, 0.1) is 0 Å². The van der Waals surface area contributed by atoms with E-state index in [0.29, 0.717) is 19.0 Å². The molecule has 1 heterocycles. The molecule has 5 heteroatoms. The van der Waals surface area contributed by atoms with Crippen molar-refractivity contribution < 1.29 is 14.3 Å². The van der Waals surface area contributed by atoms with Crippen LogP contribution in [0.4, 0.5) is 5.69 Å². The second kappa shape index (κ2) is 7.40. The highest BCUT2D eigenvalue weighted by atomic mass is 32.2. The highest BCUT2D eigenvalue weighted by molar-refractivity contribution is 8.00. The molecule has 2 aromatic rings. The number of carbonyl (C=O) groups excluding carboxylic acids is 1. The molecule has 25 heavy (non-hydrogen) atoms. The van der Waals surface area contributed by atoms with Gasteiger partial charge in [-0.15, -0.1) is 11.8 Å². The van der Waals surface area contributed by atoms with Crippen LogP contribution in [0.3, 0.4) is 0 Å². The summed E-state index contributed by atoms with van der Waals surface area (Å²) < 4.78 is 11.1. The molecule has 0 atom stereocenters. The lowest BCUT2D eigenvalue weighted by atomic mass is 9.86. The summed E-state index contributed by atoms with van der Waals surface area (Å²) in [6, 6.07) is 13.7. The molecule has 0 unspecified atom stereocenters. The smallest absolute Gasteiger partial charge is 0.234 e. The van der Waals surface area contributed by atoms with Crippen LogP contribution < -0.4 is 14.8 Å². The lowest BCUT2D eigenvalue weighted by molar-refractivity contribution is -0.113. The quantitative estimate of drug-likeness (QED) is 0.819. The van der Waals surface area contributed by atoms with Gasteiger partial charge in [-0.2, -0.15) is 0 Å². The summed E-state index contributed by atoms with van der Waals surface area (Å²) in [4.78, 5) is 13.4. The van der Waals surface area contributed by atoms with E-state index >= 15 is 0 Å². The van der Waals surface area contributed by atoms with Gasteiger partial charge in [0.15, 0.2) is 11.5 Å². The number of thioether (sulfide) groups is 1. The number of nitrogens with one attached hydrogen (secondary N) is 1. The fraction of sp³-hybridized carbons (Fsp3) is 0.350. The van der Waals surface area contributed by atoms with Gasteiger partial charge in [-0.3, -0.25) is 4.79 Å². The van der Waals surface area contributed by atoms with Crippen LogP contribution in [0.5, 0.6) is 11.5 Å². The molecule has 1 amide bonds. The minimum atomic E-state index is -0.0210. The van der Waals surface area contributed by atoms with E-state index in [1.54, 1.807) is 0 Å². The second-order valence-corrected chi connectivity index (χ2v) is 7.99. The monoisotopic (exact) mass is 357 g/mol. The van der Waals surface area contributed by atoms with Crippen molar-refractivity contribution in [2.24, 2.45) is 0 Å². The van der Waals surface area contributed by atoms with Crippen molar-refractivity contribution in [2.45, 2.75) is 31.1 Å². The lowest BCUT2D eigenvalue weighted by Crippen LogP contribution is -2.19. The molecule has 0 bridgehead atoms. The molecule has 2 aromatic carbocycles. The molecule has 1 aliphatic heterocycles. The first-order valence-corrected chi connectivity index (χ1v) is 9.34. The largest absolute Gasteiger partial charge is 0.486 e. The van der Waals surface area contributed by atoms with E-state index in [1.807, 2.05) is 36.4 Å². The third-order valence-corrected chi connectivity index (χ3v) is 4.89. The predicted octanol–water partition coefficient (Wildman–Crippen LogP) is 4.49. The summed E-state index contributed by atoms with van der Waals surface area (Å²) >= 11 is 1.49. The Bertz CT molecular complexity index is 768. The topological polar surface area (TPSA) is 47.6 Å². The Balaban J connectivity index is 1.62. The van der Waals surface area contributed by atoms with E-state index in [1.165, 1.54) is 11.8 Å². The van der Waals surface area contributed by atoms with Gasteiger partial charge in [-0.1, -0.05) is 39.0 Å². The van der Waals surface area contributed by atoms with Crippen LogP contribution >= 0.6 is 11.8 Å². The normalized spacial score (nSPS) is 13.4. The summed E-state index contributed by atoms with van der Waals surface area (Å²) in [5.74, 6) is 1.84. The van der Waals surface area contributed by atoms with Gasteiger partial charge >= 0.3 is 0 Å². The van der Waals surface area contributed by atoms with Crippen LogP contribution in [-0.4, -0.2) is 24.9 Å². The van der Waals surface area contributed by atoms with Crippen LogP contribution in [-0.2, 0) is 10.2 Å². The minimum absolute atomic E-state index is 0.0170. The number of anilines is 1. The number of fused-ring (bicyclic) bond motifs is 1. The molecule has 1 aliphatic rings. The number of hydrogen-bond donors (Lipinski definition) is 1. The van der Waals surface area contributed by atoms with E-state index in [0.717, 1.165) is 27.6 Å². The molecule has 0 aliphatic carbocycles. The summed E-state index contributed by atoms with van der Waals surface area (Å²) in [5, 5.41) is 3.03. The van der Waals surface area contributed by atoms with Gasteiger partial charge in [-0.25, -0.2) is 0 Å². The van der Waals surface area contributed by atoms with Gasteiger partial charge in [0.2, 0.25) is 5.91 Å². The molecule has 0 aromatic heterocycles. The first-order chi connectivity index (χ1) is 11.9. The maximum atomic E-state index is 12.4. The SMILES string of the molecule is CC(C)(C)c1ccccc1NC(=O)CSc1ccc2c(c1)OCCO2. The van der Waals surface area contributed by atoms with Crippen LogP contribution in [0.25, 0.3) is 0 Å². The highest BCUT2D eigenvalue weighted by Crippen LogP contribution is 2.34. The van der Waals surface area contributed by atoms with Crippen molar-refractivity contribution in [3.8, 4) is 11.5 Å². The van der Waals surface area contributed by atoms with E-state index < -0.39 is 0 Å². The van der Waals surface area contributed by atoms with Crippen molar-refractivity contribution in [3.05, 3.63) is 48.0 Å². The first kappa shape index (κ1) is 17.7. The number of benzene rings is 2. The lowest BCUT2D eigenvalue weighted by Gasteiger charge is -2.23. The highest BCUT2D eigenvalue weighted by Gasteiger charge is 2.18. The van der Waals surface area contributed by atoms with Crippen LogP contribution in [0.1, 0.15) is 26.3 Å². The molecule has 132 valence electrons. The van der Waals surface area contributed by atoms with Gasteiger partial charge in [0, 0.05) is 10.6 Å². The second-order valence-electron chi connectivity index (χ2n) is 6.94. The average Bonchev–Trinajstić information content (AvgIpc) is 2.59. The third kappa shape index (κ3) is 4.48. The third-order valence-electron chi connectivity index (χ3n) is 3.89. The molecular formula is C20H23NO3S. The fourth-order valence-corrected chi connectivity index (χ4v) is 3.42. The van der Waals surface area contributed by atoms with E-state index in [-0.39, 0.29) is 11.3 Å². The van der Waals surface area contributed by atoms with Crippen molar-refractivity contribution in [3.63, 3.8) is 0 Å². The van der Waals surface area contributed by atoms with Gasteiger partial charge in [-0.05, 0) is 35.2 Å². The molecule has 0 saturated carbocycles. The Morgan fingerprint density at radius 1 is 1.08 bits per heavy atom. The molecule has 0 fully saturated rings. The maximum Gasteiger partial charge on any atom is 0.234 e. The summed E-state index contributed by atoms with van der Waals surface area (Å²) in [5.41, 5.74) is 1.99. The van der Waals surface area contributed by atoms with Crippen LogP contribution in [0.15, 0.2) is 47.4 Å². The minimum Gasteiger partial charge on any atom is -0.486 e. The number of para-hydroxylation sites is 1. The van der Waals surface area contributed by atoms with E-state index in [9.17, 15) is 4.79 Å². The van der Waals surface area contributed by atoms with Gasteiger partial charge in [0.25, 0.3) is 0 Å². The molecule has 0 radical (unpaired) electrons. The van der Waals surface area contributed by atoms with Crippen molar-refractivity contribution in [1.82, 2.24) is 0 Å². The zero-order valence-corrected chi connectivity index (χ0v) is 15.6. The number of rotatable bonds is 4. The molecule has 4 nitrogen and oxygen atoms in total. The fourth-order valence-electron chi connectivity index (χ4n) is 2.69.